The Balaban J connectivity index is 2.46. The summed E-state index contributed by atoms with van der Waals surface area (Å²) in [5.74, 6) is -0.584. The van der Waals surface area contributed by atoms with E-state index in [1.165, 1.54) is 0 Å². The van der Waals surface area contributed by atoms with Crippen LogP contribution in [0.1, 0.15) is 47.5 Å². The number of hydrogen-bond donors (Lipinski definition) is 5. The van der Waals surface area contributed by atoms with Crippen molar-refractivity contribution in [3.63, 3.8) is 0 Å². The van der Waals surface area contributed by atoms with Gasteiger partial charge in [-0.15, -0.1) is 0 Å². The summed E-state index contributed by atoms with van der Waals surface area (Å²) in [4.78, 5) is 11.7. The van der Waals surface area contributed by atoms with E-state index < -0.39 is 48.3 Å². The summed E-state index contributed by atoms with van der Waals surface area (Å²) < 4.78 is 22.6. The Labute approximate surface area is 179 Å². The lowest BCUT2D eigenvalue weighted by molar-refractivity contribution is -0.313. The Morgan fingerprint density at radius 1 is 1.17 bits per heavy atom. The number of carbonyl (C=O) groups is 1. The smallest absolute Gasteiger partial charge is 0.222 e. The number of ether oxygens (including phenoxy) is 4. The highest BCUT2D eigenvalue weighted by molar-refractivity contribution is 5.75. The average Bonchev–Trinajstić information content (AvgIpc) is 2.67. The first-order valence-electron chi connectivity index (χ1n) is 10.4. The molecule has 0 saturated carbocycles. The maximum absolute atomic E-state index is 11.7. The van der Waals surface area contributed by atoms with Crippen molar-refractivity contribution in [1.29, 1.82) is 0 Å². The van der Waals surface area contributed by atoms with E-state index in [1.807, 2.05) is 27.7 Å². The third-order valence-corrected chi connectivity index (χ3v) is 5.07. The van der Waals surface area contributed by atoms with Crippen LogP contribution in [0.25, 0.3) is 0 Å². The molecule has 30 heavy (non-hydrogen) atoms. The Morgan fingerprint density at radius 3 is 2.43 bits per heavy atom. The van der Waals surface area contributed by atoms with Crippen LogP contribution in [0, 0.1) is 5.92 Å². The molecule has 5 unspecified atom stereocenters. The molecule has 0 aromatic heterocycles. The third-order valence-electron chi connectivity index (χ3n) is 5.07. The number of aliphatic hydroxyl groups excluding tert-OH is 3. The predicted octanol–water partition coefficient (Wildman–Crippen LogP) is -0.519. The lowest BCUT2D eigenvalue weighted by atomic mass is 9.92. The summed E-state index contributed by atoms with van der Waals surface area (Å²) >= 11 is 0. The monoisotopic (exact) mass is 436 g/mol. The SMILES string of the molecule is CC1C(OC(C)(C)COC(C)(C)CCNC(=O)CCOCN)OC(CO)C(O)C1O. The van der Waals surface area contributed by atoms with Crippen molar-refractivity contribution in [3.05, 3.63) is 0 Å². The Bertz CT molecular complexity index is 515. The first-order valence-corrected chi connectivity index (χ1v) is 10.4. The maximum atomic E-state index is 11.7. The molecule has 1 saturated heterocycles. The van der Waals surface area contributed by atoms with Gasteiger partial charge in [0.1, 0.15) is 12.2 Å². The lowest BCUT2D eigenvalue weighted by Gasteiger charge is -2.44. The van der Waals surface area contributed by atoms with Gasteiger partial charge in [0.15, 0.2) is 6.29 Å². The molecule has 0 aliphatic carbocycles. The molecule has 0 aromatic carbocycles. The van der Waals surface area contributed by atoms with Crippen molar-refractivity contribution < 1.29 is 39.1 Å². The van der Waals surface area contributed by atoms with Crippen molar-refractivity contribution in [3.8, 4) is 0 Å². The molecule has 0 spiro atoms. The second-order valence-corrected chi connectivity index (χ2v) is 8.92. The van der Waals surface area contributed by atoms with Crippen LogP contribution in [0.3, 0.4) is 0 Å². The maximum Gasteiger partial charge on any atom is 0.222 e. The summed E-state index contributed by atoms with van der Waals surface area (Å²) in [6.07, 6.45) is -3.08. The van der Waals surface area contributed by atoms with Crippen LogP contribution in [-0.2, 0) is 23.7 Å². The third kappa shape index (κ3) is 9.11. The molecule has 0 bridgehead atoms. The zero-order chi connectivity index (χ0) is 22.9. The number of rotatable bonds is 13. The molecule has 10 nitrogen and oxygen atoms in total. The van der Waals surface area contributed by atoms with E-state index in [4.69, 9.17) is 24.7 Å². The molecule has 6 N–H and O–H groups in total. The molecule has 1 heterocycles. The first kappa shape index (κ1) is 27.2. The molecule has 1 aliphatic heterocycles. The van der Waals surface area contributed by atoms with Gasteiger partial charge in [-0.2, -0.15) is 0 Å². The van der Waals surface area contributed by atoms with Crippen LogP contribution >= 0.6 is 0 Å². The first-order chi connectivity index (χ1) is 13.9. The number of hydrogen-bond acceptors (Lipinski definition) is 9. The van der Waals surface area contributed by atoms with Gasteiger partial charge in [-0.05, 0) is 34.1 Å². The number of nitrogens with one attached hydrogen (secondary N) is 1. The van der Waals surface area contributed by atoms with Crippen LogP contribution in [0.15, 0.2) is 0 Å². The zero-order valence-electron chi connectivity index (χ0n) is 18.8. The second-order valence-electron chi connectivity index (χ2n) is 8.92. The number of nitrogens with two attached hydrogens (primary N) is 1. The van der Waals surface area contributed by atoms with Gasteiger partial charge in [0.2, 0.25) is 5.91 Å². The summed E-state index contributed by atoms with van der Waals surface area (Å²) in [6, 6.07) is 0. The molecule has 1 fully saturated rings. The summed E-state index contributed by atoms with van der Waals surface area (Å²) in [7, 11) is 0. The molecular formula is C20H40N2O8. The van der Waals surface area contributed by atoms with E-state index in [2.05, 4.69) is 5.32 Å². The van der Waals surface area contributed by atoms with Gasteiger partial charge in [0.25, 0.3) is 0 Å². The predicted molar refractivity (Wildman–Crippen MR) is 109 cm³/mol. The largest absolute Gasteiger partial charge is 0.394 e. The van der Waals surface area contributed by atoms with Gasteiger partial charge < -0.3 is 45.3 Å². The Morgan fingerprint density at radius 2 is 1.83 bits per heavy atom. The highest BCUT2D eigenvalue weighted by Crippen LogP contribution is 2.30. The molecule has 178 valence electrons. The highest BCUT2D eigenvalue weighted by atomic mass is 16.7. The minimum atomic E-state index is -1.17. The number of carbonyl (C=O) groups excluding carboxylic acids is 1. The van der Waals surface area contributed by atoms with Crippen LogP contribution in [0.5, 0.6) is 0 Å². The van der Waals surface area contributed by atoms with Crippen LogP contribution < -0.4 is 11.1 Å². The van der Waals surface area contributed by atoms with E-state index >= 15 is 0 Å². The van der Waals surface area contributed by atoms with Gasteiger partial charge in [0, 0.05) is 12.5 Å². The average molecular weight is 437 g/mol. The lowest BCUT2D eigenvalue weighted by Crippen LogP contribution is -2.57. The standard InChI is InChI=1S/C20H40N2O8/c1-13-16(25)17(26)14(10-23)29-18(13)30-20(4,5)11-28-19(2,3)7-8-22-15(24)6-9-27-12-21/h13-14,16-18,23,25-26H,6-12,21H2,1-5H3,(H,22,24). The fourth-order valence-corrected chi connectivity index (χ4v) is 2.98. The molecule has 1 aliphatic rings. The highest BCUT2D eigenvalue weighted by Gasteiger charge is 2.44. The van der Waals surface area contributed by atoms with E-state index in [-0.39, 0.29) is 32.3 Å². The van der Waals surface area contributed by atoms with Crippen molar-refractivity contribution in [1.82, 2.24) is 5.32 Å². The normalized spacial score (nSPS) is 27.8. The molecule has 10 heteroatoms. The van der Waals surface area contributed by atoms with E-state index in [0.29, 0.717) is 13.0 Å². The minimum absolute atomic E-state index is 0.0941. The van der Waals surface area contributed by atoms with Gasteiger partial charge in [-0.1, -0.05) is 6.92 Å². The van der Waals surface area contributed by atoms with Crippen molar-refractivity contribution in [2.24, 2.45) is 11.7 Å². The number of amides is 1. The van der Waals surface area contributed by atoms with Crippen molar-refractivity contribution in [2.75, 3.05) is 33.1 Å². The van der Waals surface area contributed by atoms with Gasteiger partial charge in [-0.25, -0.2) is 0 Å². The summed E-state index contributed by atoms with van der Waals surface area (Å²) in [5, 5.41) is 32.3. The quantitative estimate of drug-likeness (QED) is 0.190. The van der Waals surface area contributed by atoms with Crippen molar-refractivity contribution >= 4 is 5.91 Å². The molecule has 5 atom stereocenters. The van der Waals surface area contributed by atoms with E-state index in [9.17, 15) is 20.1 Å². The van der Waals surface area contributed by atoms with E-state index in [0.717, 1.165) is 0 Å². The summed E-state index contributed by atoms with van der Waals surface area (Å²) in [6.45, 7) is 9.91. The fraction of sp³-hybridized carbons (Fsp3) is 0.950. The Hall–Kier alpha value is -0.850. The zero-order valence-corrected chi connectivity index (χ0v) is 18.8. The second kappa shape index (κ2) is 12.3. The molecule has 1 rings (SSSR count). The minimum Gasteiger partial charge on any atom is -0.394 e. The van der Waals surface area contributed by atoms with E-state index in [1.54, 1.807) is 6.92 Å². The topological polar surface area (TPSA) is 153 Å². The van der Waals surface area contributed by atoms with Crippen LogP contribution in [0.4, 0.5) is 0 Å². The molecule has 0 radical (unpaired) electrons. The molecule has 0 aromatic rings. The Kier molecular flexibility index (Phi) is 11.1. The molecular weight excluding hydrogens is 396 g/mol. The van der Waals surface area contributed by atoms with Gasteiger partial charge >= 0.3 is 0 Å². The van der Waals surface area contributed by atoms with Gasteiger partial charge in [0.05, 0.1) is 50.3 Å². The van der Waals surface area contributed by atoms with Crippen molar-refractivity contribution in [2.45, 2.75) is 83.3 Å². The van der Waals surface area contributed by atoms with Crippen LogP contribution in [0.2, 0.25) is 0 Å². The van der Waals surface area contributed by atoms with Gasteiger partial charge in [-0.3, -0.25) is 4.79 Å². The number of aliphatic hydroxyl groups is 3. The van der Waals surface area contributed by atoms with Crippen LogP contribution in [-0.4, -0.2) is 90.1 Å². The molecule has 1 amide bonds. The summed E-state index contributed by atoms with van der Waals surface area (Å²) in [5.41, 5.74) is 3.95. The fourth-order valence-electron chi connectivity index (χ4n) is 2.98.